The number of aryl methyl sites for hydroxylation is 1. The number of carbonyl (C=O) groups excluding carboxylic acids is 1. The second kappa shape index (κ2) is 5.81. The summed E-state index contributed by atoms with van der Waals surface area (Å²) in [7, 11) is 3.51. The van der Waals surface area contributed by atoms with E-state index in [4.69, 9.17) is 0 Å². The number of benzene rings is 1. The zero-order valence-corrected chi connectivity index (χ0v) is 14.7. The third kappa shape index (κ3) is 2.78. The van der Waals surface area contributed by atoms with Crippen LogP contribution in [0.5, 0.6) is 0 Å². The van der Waals surface area contributed by atoms with Gasteiger partial charge in [-0.25, -0.2) is 9.97 Å². The fraction of sp³-hybridized carbons (Fsp3) is 0.267. The van der Waals surface area contributed by atoms with E-state index in [2.05, 4.69) is 38.3 Å². The Bertz CT molecular complexity index is 729. The fourth-order valence-corrected chi connectivity index (χ4v) is 3.01. The van der Waals surface area contributed by atoms with Crippen LogP contribution in [0.2, 0.25) is 0 Å². The number of halogens is 1. The van der Waals surface area contributed by atoms with Gasteiger partial charge in [-0.15, -0.1) is 0 Å². The van der Waals surface area contributed by atoms with E-state index in [-0.39, 0.29) is 5.91 Å². The number of hydrazine groups is 1. The molecule has 0 bridgehead atoms. The Morgan fingerprint density at radius 2 is 2.00 bits per heavy atom. The van der Waals surface area contributed by atoms with Crippen molar-refractivity contribution in [3.05, 3.63) is 41.5 Å². The van der Waals surface area contributed by atoms with Crippen LogP contribution in [0, 0.1) is 6.92 Å². The Balaban J connectivity index is 2.16. The molecule has 0 aliphatic carbocycles. The summed E-state index contributed by atoms with van der Waals surface area (Å²) in [6.45, 7) is 2.63. The molecule has 0 unspecified atom stereocenters. The first kappa shape index (κ1) is 15.2. The van der Waals surface area contributed by atoms with E-state index in [9.17, 15) is 4.79 Å². The first-order chi connectivity index (χ1) is 10.5. The highest BCUT2D eigenvalue weighted by Crippen LogP contribution is 2.34. The van der Waals surface area contributed by atoms with E-state index in [0.717, 1.165) is 28.9 Å². The maximum absolute atomic E-state index is 12.5. The molecule has 1 N–H and O–H groups in total. The second-order valence-electron chi connectivity index (χ2n) is 5.41. The quantitative estimate of drug-likeness (QED) is 0.611. The number of hydrogen-bond donors (Lipinski definition) is 1. The molecular formula is C15H16IN5O. The minimum absolute atomic E-state index is 0.0351. The molecule has 114 valence electrons. The summed E-state index contributed by atoms with van der Waals surface area (Å²) in [5, 5.41) is 0. The van der Waals surface area contributed by atoms with E-state index in [1.807, 2.05) is 22.3 Å². The first-order valence-corrected chi connectivity index (χ1v) is 7.80. The highest BCUT2D eigenvalue weighted by molar-refractivity contribution is 14.1. The van der Waals surface area contributed by atoms with Gasteiger partial charge in [0.15, 0.2) is 0 Å². The molecule has 0 atom stereocenters. The number of nitrogens with zero attached hydrogens (tertiary/aromatic N) is 4. The minimum atomic E-state index is -0.0351. The Labute approximate surface area is 143 Å². The minimum Gasteiger partial charge on any atom is -0.345 e. The molecule has 6 nitrogen and oxygen atoms in total. The van der Waals surface area contributed by atoms with Gasteiger partial charge >= 0.3 is 0 Å². The smallest absolute Gasteiger partial charge is 0.254 e. The van der Waals surface area contributed by atoms with Gasteiger partial charge in [-0.05, 0) is 30.2 Å². The van der Waals surface area contributed by atoms with Gasteiger partial charge < -0.3 is 10.3 Å². The monoisotopic (exact) mass is 409 g/mol. The van der Waals surface area contributed by atoms with Crippen molar-refractivity contribution in [1.82, 2.24) is 18.1 Å². The number of fused-ring (bicyclic) bond motifs is 1. The van der Waals surface area contributed by atoms with Crippen molar-refractivity contribution in [3.8, 4) is 11.1 Å². The maximum atomic E-state index is 12.5. The van der Waals surface area contributed by atoms with Crippen LogP contribution in [-0.4, -0.2) is 38.1 Å². The van der Waals surface area contributed by atoms with Crippen LogP contribution in [0.1, 0.15) is 21.7 Å². The lowest BCUT2D eigenvalue weighted by Gasteiger charge is -2.15. The molecule has 1 aromatic carbocycles. The van der Waals surface area contributed by atoms with Gasteiger partial charge in [0.25, 0.3) is 5.91 Å². The molecule has 1 aliphatic rings. The van der Waals surface area contributed by atoms with E-state index in [1.54, 1.807) is 31.4 Å². The summed E-state index contributed by atoms with van der Waals surface area (Å²) in [6, 6.07) is 3.96. The number of carbonyl (C=O) groups is 1. The van der Waals surface area contributed by atoms with Gasteiger partial charge in [0.2, 0.25) is 0 Å². The van der Waals surface area contributed by atoms with Crippen LogP contribution in [-0.2, 0) is 6.54 Å². The number of nitrogens with one attached hydrogen (secondary N) is 1. The zero-order valence-electron chi connectivity index (χ0n) is 12.6. The van der Waals surface area contributed by atoms with Crippen LogP contribution >= 0.6 is 22.9 Å². The van der Waals surface area contributed by atoms with Crippen molar-refractivity contribution in [3.63, 3.8) is 0 Å². The Hall–Kier alpha value is -1.74. The Morgan fingerprint density at radius 3 is 2.64 bits per heavy atom. The molecule has 0 spiro atoms. The molecule has 1 aliphatic heterocycles. The molecule has 2 heterocycles. The predicted molar refractivity (Wildman–Crippen MR) is 93.4 cm³/mol. The summed E-state index contributed by atoms with van der Waals surface area (Å²) in [5.74, 6) is 0.678. The lowest BCUT2D eigenvalue weighted by Crippen LogP contribution is -2.22. The van der Waals surface area contributed by atoms with Crippen molar-refractivity contribution in [2.24, 2.45) is 0 Å². The lowest BCUT2D eigenvalue weighted by atomic mass is 9.97. The van der Waals surface area contributed by atoms with Gasteiger partial charge in [0.1, 0.15) is 5.82 Å². The molecule has 2 aromatic rings. The number of anilines is 1. The van der Waals surface area contributed by atoms with Crippen molar-refractivity contribution in [2.45, 2.75) is 13.5 Å². The van der Waals surface area contributed by atoms with Crippen molar-refractivity contribution in [2.75, 3.05) is 19.5 Å². The SMILES string of the molecule is Cc1ncc(-c2cc3c(cc2C(=O)N(C)C)NN(I)C3)cn1. The Morgan fingerprint density at radius 1 is 1.32 bits per heavy atom. The largest absolute Gasteiger partial charge is 0.345 e. The van der Waals surface area contributed by atoms with Crippen molar-refractivity contribution in [1.29, 1.82) is 0 Å². The molecule has 7 heteroatoms. The summed E-state index contributed by atoms with van der Waals surface area (Å²) >= 11 is 2.20. The van der Waals surface area contributed by atoms with Gasteiger partial charge in [-0.3, -0.25) is 4.79 Å². The van der Waals surface area contributed by atoms with Crippen molar-refractivity contribution < 1.29 is 4.79 Å². The van der Waals surface area contributed by atoms with Gasteiger partial charge in [-0.1, -0.05) is 0 Å². The molecule has 1 aromatic heterocycles. The van der Waals surface area contributed by atoms with Crippen molar-refractivity contribution >= 4 is 34.5 Å². The van der Waals surface area contributed by atoms with E-state index in [1.165, 1.54) is 0 Å². The number of rotatable bonds is 2. The standard InChI is InChI=1S/C15H16IN5O/c1-9-17-6-11(7-18-9)12-4-10-8-21(16)19-14(10)5-13(12)15(22)20(2)3/h4-7,19H,8H2,1-3H3. The van der Waals surface area contributed by atoms with Crippen LogP contribution in [0.15, 0.2) is 24.5 Å². The number of hydrogen-bond acceptors (Lipinski definition) is 5. The summed E-state index contributed by atoms with van der Waals surface area (Å²) < 4.78 is 1.96. The van der Waals surface area contributed by atoms with Crippen LogP contribution < -0.4 is 5.43 Å². The van der Waals surface area contributed by atoms with E-state index in [0.29, 0.717) is 11.4 Å². The van der Waals surface area contributed by atoms with Gasteiger partial charge in [0, 0.05) is 60.5 Å². The lowest BCUT2D eigenvalue weighted by molar-refractivity contribution is 0.0828. The molecule has 3 rings (SSSR count). The third-order valence-corrected chi connectivity index (χ3v) is 4.11. The van der Waals surface area contributed by atoms with Gasteiger partial charge in [0.05, 0.1) is 12.2 Å². The van der Waals surface area contributed by atoms with E-state index < -0.39 is 0 Å². The molecular weight excluding hydrogens is 393 g/mol. The van der Waals surface area contributed by atoms with E-state index >= 15 is 0 Å². The number of amides is 1. The topological polar surface area (TPSA) is 61.4 Å². The maximum Gasteiger partial charge on any atom is 0.254 e. The fourth-order valence-electron chi connectivity index (χ4n) is 2.39. The average molecular weight is 409 g/mol. The van der Waals surface area contributed by atoms with Crippen LogP contribution in [0.3, 0.4) is 0 Å². The zero-order chi connectivity index (χ0) is 15.9. The first-order valence-electron chi connectivity index (χ1n) is 6.83. The summed E-state index contributed by atoms with van der Waals surface area (Å²) in [4.78, 5) is 22.6. The molecule has 0 fully saturated rings. The second-order valence-corrected chi connectivity index (χ2v) is 6.57. The Kier molecular flexibility index (Phi) is 4.00. The summed E-state index contributed by atoms with van der Waals surface area (Å²) in [5.41, 5.74) is 7.73. The molecule has 0 saturated heterocycles. The molecule has 22 heavy (non-hydrogen) atoms. The average Bonchev–Trinajstić information content (AvgIpc) is 2.85. The molecule has 0 radical (unpaired) electrons. The molecule has 0 saturated carbocycles. The highest BCUT2D eigenvalue weighted by atomic mass is 127. The van der Waals surface area contributed by atoms with Crippen LogP contribution in [0.25, 0.3) is 11.1 Å². The third-order valence-electron chi connectivity index (χ3n) is 3.52. The number of aromatic nitrogens is 2. The predicted octanol–water partition coefficient (Wildman–Crippen LogP) is 2.65. The summed E-state index contributed by atoms with van der Waals surface area (Å²) in [6.07, 6.45) is 3.53. The van der Waals surface area contributed by atoms with Crippen LogP contribution in [0.4, 0.5) is 5.69 Å². The van der Waals surface area contributed by atoms with Gasteiger partial charge in [-0.2, -0.15) is 3.22 Å². The molecule has 1 amide bonds. The highest BCUT2D eigenvalue weighted by Gasteiger charge is 2.23. The normalized spacial score (nSPS) is 13.6.